The minimum atomic E-state index is -3.59. The number of nitrogens with two attached hydrogens (primary N) is 1. The molecule has 0 aliphatic rings. The highest BCUT2D eigenvalue weighted by atomic mass is 32.2. The third-order valence-corrected chi connectivity index (χ3v) is 5.59. The summed E-state index contributed by atoms with van der Waals surface area (Å²) in [4.78, 5) is 4.69. The summed E-state index contributed by atoms with van der Waals surface area (Å²) < 4.78 is 27.2. The fraction of sp³-hybridized carbons (Fsp3) is 0.231. The normalized spacial score (nSPS) is 11.5. The quantitative estimate of drug-likeness (QED) is 0.811. The molecule has 0 fully saturated rings. The highest BCUT2D eigenvalue weighted by Gasteiger charge is 2.17. The van der Waals surface area contributed by atoms with Crippen molar-refractivity contribution in [1.82, 2.24) is 9.71 Å². The summed E-state index contributed by atoms with van der Waals surface area (Å²) >= 11 is 6.31. The maximum atomic E-state index is 12.3. The maximum Gasteiger partial charge on any atom is 0.241 e. The number of benzene rings is 1. The molecular formula is C13H15N3O2S3. The van der Waals surface area contributed by atoms with E-state index >= 15 is 0 Å². The van der Waals surface area contributed by atoms with Gasteiger partial charge in [0, 0.05) is 16.6 Å². The van der Waals surface area contributed by atoms with E-state index in [1.54, 1.807) is 19.1 Å². The molecule has 0 aliphatic carbocycles. The van der Waals surface area contributed by atoms with Crippen LogP contribution < -0.4 is 10.5 Å². The van der Waals surface area contributed by atoms with Gasteiger partial charge >= 0.3 is 0 Å². The van der Waals surface area contributed by atoms with E-state index in [1.807, 2.05) is 12.3 Å². The lowest BCUT2D eigenvalue weighted by atomic mass is 10.1. The van der Waals surface area contributed by atoms with Gasteiger partial charge in [0.05, 0.1) is 11.4 Å². The highest BCUT2D eigenvalue weighted by molar-refractivity contribution is 7.89. The van der Waals surface area contributed by atoms with Crippen molar-refractivity contribution in [2.75, 3.05) is 0 Å². The Morgan fingerprint density at radius 2 is 2.14 bits per heavy atom. The fourth-order valence-corrected chi connectivity index (χ4v) is 3.96. The zero-order valence-corrected chi connectivity index (χ0v) is 14.0. The summed E-state index contributed by atoms with van der Waals surface area (Å²) in [6.45, 7) is 3.76. The molecule has 112 valence electrons. The lowest BCUT2D eigenvalue weighted by Crippen LogP contribution is -2.24. The second kappa shape index (κ2) is 6.18. The molecular weight excluding hydrogens is 326 g/mol. The molecule has 1 heterocycles. The summed E-state index contributed by atoms with van der Waals surface area (Å²) in [6.07, 6.45) is 0. The van der Waals surface area contributed by atoms with Crippen LogP contribution in [0.2, 0.25) is 0 Å². The molecule has 0 atom stereocenters. The standard InChI is InChI=1S/C13H15N3O2S3/c1-8-5-10(13(14)19)3-4-11(8)21(17,18)15-6-12-16-9(2)7-20-12/h3-5,7,15H,6H2,1-2H3,(H2,14,19). The van der Waals surface area contributed by atoms with Crippen LogP contribution in [0.25, 0.3) is 0 Å². The molecule has 0 radical (unpaired) electrons. The number of hydrogen-bond donors (Lipinski definition) is 2. The molecule has 0 saturated carbocycles. The second-order valence-corrected chi connectivity index (χ2v) is 7.67. The van der Waals surface area contributed by atoms with Gasteiger partial charge in [-0.1, -0.05) is 18.3 Å². The lowest BCUT2D eigenvalue weighted by molar-refractivity contribution is 0.580. The first-order valence-corrected chi connectivity index (χ1v) is 8.88. The molecule has 1 aromatic heterocycles. The highest BCUT2D eigenvalue weighted by Crippen LogP contribution is 2.17. The number of hydrogen-bond acceptors (Lipinski definition) is 5. The summed E-state index contributed by atoms with van der Waals surface area (Å²) in [5, 5.41) is 2.61. The van der Waals surface area contributed by atoms with E-state index in [4.69, 9.17) is 18.0 Å². The number of aryl methyl sites for hydroxylation is 2. The molecule has 0 aliphatic heterocycles. The molecule has 3 N–H and O–H groups in total. The van der Waals surface area contributed by atoms with Crippen molar-refractivity contribution in [3.05, 3.63) is 45.4 Å². The summed E-state index contributed by atoms with van der Waals surface area (Å²) in [5.41, 5.74) is 7.67. The average Bonchev–Trinajstić information content (AvgIpc) is 2.82. The molecule has 5 nitrogen and oxygen atoms in total. The molecule has 0 amide bonds. The van der Waals surface area contributed by atoms with Gasteiger partial charge in [-0.15, -0.1) is 11.3 Å². The predicted octanol–water partition coefficient (Wildman–Crippen LogP) is 1.87. The first-order valence-electron chi connectivity index (χ1n) is 6.11. The van der Waals surface area contributed by atoms with Gasteiger partial charge in [0.25, 0.3) is 0 Å². The third kappa shape index (κ3) is 3.85. The van der Waals surface area contributed by atoms with Gasteiger partial charge in [-0.3, -0.25) is 0 Å². The Kier molecular flexibility index (Phi) is 4.72. The molecule has 0 spiro atoms. The van der Waals surface area contributed by atoms with Crippen molar-refractivity contribution < 1.29 is 8.42 Å². The molecule has 21 heavy (non-hydrogen) atoms. The summed E-state index contributed by atoms with van der Waals surface area (Å²) in [6, 6.07) is 4.79. The zero-order valence-electron chi connectivity index (χ0n) is 11.6. The summed E-state index contributed by atoms with van der Waals surface area (Å²) in [5.74, 6) is 0. The smallest absolute Gasteiger partial charge is 0.241 e. The number of thiocarbonyl (C=S) groups is 1. The Morgan fingerprint density at radius 1 is 1.43 bits per heavy atom. The van der Waals surface area contributed by atoms with Gasteiger partial charge in [0.1, 0.15) is 10.00 Å². The molecule has 1 aromatic carbocycles. The van der Waals surface area contributed by atoms with Crippen LogP contribution in [0.4, 0.5) is 0 Å². The second-order valence-electron chi connectivity index (χ2n) is 4.55. The molecule has 2 aromatic rings. The number of aromatic nitrogens is 1. The molecule has 8 heteroatoms. The largest absolute Gasteiger partial charge is 0.389 e. The topological polar surface area (TPSA) is 85.1 Å². The van der Waals surface area contributed by atoms with Gasteiger partial charge in [-0.25, -0.2) is 18.1 Å². The van der Waals surface area contributed by atoms with Crippen LogP contribution in [0.1, 0.15) is 21.8 Å². The van der Waals surface area contributed by atoms with E-state index < -0.39 is 10.0 Å². The Hall–Kier alpha value is -1.35. The monoisotopic (exact) mass is 341 g/mol. The van der Waals surface area contributed by atoms with E-state index in [2.05, 4.69) is 9.71 Å². The van der Waals surface area contributed by atoms with E-state index in [9.17, 15) is 8.42 Å². The average molecular weight is 341 g/mol. The van der Waals surface area contributed by atoms with Gasteiger partial charge < -0.3 is 5.73 Å². The Balaban J connectivity index is 2.21. The van der Waals surface area contributed by atoms with Crippen LogP contribution in [0.5, 0.6) is 0 Å². The van der Waals surface area contributed by atoms with Crippen LogP contribution in [0.3, 0.4) is 0 Å². The molecule has 0 bridgehead atoms. The van der Waals surface area contributed by atoms with E-state index in [1.165, 1.54) is 17.4 Å². The number of rotatable bonds is 5. The Morgan fingerprint density at radius 3 is 2.67 bits per heavy atom. The Bertz CT molecular complexity index is 782. The first kappa shape index (κ1) is 16.0. The Labute approximate surface area is 133 Å². The van der Waals surface area contributed by atoms with Crippen molar-refractivity contribution in [2.24, 2.45) is 5.73 Å². The van der Waals surface area contributed by atoms with Crippen LogP contribution >= 0.6 is 23.6 Å². The van der Waals surface area contributed by atoms with Crippen molar-refractivity contribution in [1.29, 1.82) is 0 Å². The van der Waals surface area contributed by atoms with Gasteiger partial charge in [-0.05, 0) is 31.5 Å². The molecule has 0 saturated heterocycles. The molecule has 2 rings (SSSR count). The van der Waals surface area contributed by atoms with E-state index in [0.717, 1.165) is 10.7 Å². The minimum absolute atomic E-state index is 0.178. The van der Waals surface area contributed by atoms with Gasteiger partial charge in [0.15, 0.2) is 0 Å². The van der Waals surface area contributed by atoms with E-state index in [0.29, 0.717) is 11.1 Å². The summed E-state index contributed by atoms with van der Waals surface area (Å²) in [7, 11) is -3.59. The van der Waals surface area contributed by atoms with Gasteiger partial charge in [0.2, 0.25) is 10.0 Å². The number of nitrogens with zero attached hydrogens (tertiary/aromatic N) is 1. The SMILES string of the molecule is Cc1csc(CNS(=O)(=O)c2ccc(C(N)=S)cc2C)n1. The third-order valence-electron chi connectivity index (χ3n) is 2.83. The maximum absolute atomic E-state index is 12.3. The minimum Gasteiger partial charge on any atom is -0.389 e. The van der Waals surface area contributed by atoms with Crippen LogP contribution in [0.15, 0.2) is 28.5 Å². The number of thiazole rings is 1. The number of nitrogens with one attached hydrogen (secondary N) is 1. The number of sulfonamides is 1. The zero-order chi connectivity index (χ0) is 15.6. The van der Waals surface area contributed by atoms with E-state index in [-0.39, 0.29) is 16.4 Å². The van der Waals surface area contributed by atoms with Crippen molar-refractivity contribution in [3.63, 3.8) is 0 Å². The lowest BCUT2D eigenvalue weighted by Gasteiger charge is -2.09. The van der Waals surface area contributed by atoms with Crippen LogP contribution in [-0.2, 0) is 16.6 Å². The fourth-order valence-electron chi connectivity index (χ4n) is 1.82. The van der Waals surface area contributed by atoms with Crippen LogP contribution in [0, 0.1) is 13.8 Å². The van der Waals surface area contributed by atoms with Crippen molar-refractivity contribution in [3.8, 4) is 0 Å². The first-order chi connectivity index (χ1) is 9.79. The van der Waals surface area contributed by atoms with Gasteiger partial charge in [-0.2, -0.15) is 0 Å². The van der Waals surface area contributed by atoms with Crippen molar-refractivity contribution >= 4 is 38.6 Å². The molecule has 0 unspecified atom stereocenters. The predicted molar refractivity (Wildman–Crippen MR) is 87.9 cm³/mol. The van der Waals surface area contributed by atoms with Crippen LogP contribution in [-0.4, -0.2) is 18.4 Å². The van der Waals surface area contributed by atoms with Crippen molar-refractivity contribution in [2.45, 2.75) is 25.3 Å².